The molecular weight excluding hydrogens is 783 g/mol. The van der Waals surface area contributed by atoms with Crippen molar-refractivity contribution in [2.24, 2.45) is 23.7 Å². The van der Waals surface area contributed by atoms with Crippen LogP contribution < -0.4 is 4.90 Å². The van der Waals surface area contributed by atoms with Crippen molar-refractivity contribution in [3.63, 3.8) is 0 Å². The summed E-state index contributed by atoms with van der Waals surface area (Å²) >= 11 is 0. The molecule has 0 aliphatic heterocycles. The van der Waals surface area contributed by atoms with Crippen molar-refractivity contribution in [3.8, 4) is 55.6 Å². The van der Waals surface area contributed by atoms with Crippen LogP contribution in [0.4, 0.5) is 17.1 Å². The number of hydrogen-bond donors (Lipinski definition) is 0. The van der Waals surface area contributed by atoms with Crippen molar-refractivity contribution in [2.75, 3.05) is 4.90 Å². The molecule has 0 unspecified atom stereocenters. The van der Waals surface area contributed by atoms with Crippen LogP contribution in [-0.2, 0) is 10.8 Å². The molecule has 2 spiro atoms. The first-order valence-electron chi connectivity index (χ1n) is 24.8. The van der Waals surface area contributed by atoms with Crippen molar-refractivity contribution < 1.29 is 0 Å². The molecule has 316 valence electrons. The average molecular weight is 838 g/mol. The minimum absolute atomic E-state index is 0.149. The Kier molecular flexibility index (Phi) is 8.47. The van der Waals surface area contributed by atoms with E-state index >= 15 is 0 Å². The van der Waals surface area contributed by atoms with Crippen LogP contribution in [0.2, 0.25) is 0 Å². The van der Waals surface area contributed by atoms with Crippen molar-refractivity contribution in [1.82, 2.24) is 0 Å². The SMILES string of the molecule is c1ccc(-c2ccc(N(c3ccc(-c4ccc5c(c4)-c4ccccc4C54C5CC6CC(C5)CC4C6)cc3)c3ccc(-c4cccc5c4-c4ccccc4C54CCCCC4)cc3)cc2)cc1. The summed E-state index contributed by atoms with van der Waals surface area (Å²) in [6, 6.07) is 72.0. The molecule has 65 heavy (non-hydrogen) atoms. The van der Waals surface area contributed by atoms with E-state index < -0.39 is 0 Å². The first-order chi connectivity index (χ1) is 32.2. The Balaban J connectivity index is 0.834. The summed E-state index contributed by atoms with van der Waals surface area (Å²) in [5.41, 5.74) is 23.7. The van der Waals surface area contributed by atoms with Crippen molar-refractivity contribution in [2.45, 2.75) is 75.0 Å². The minimum Gasteiger partial charge on any atom is -0.311 e. The third kappa shape index (κ3) is 5.57. The molecule has 1 nitrogen and oxygen atoms in total. The van der Waals surface area contributed by atoms with E-state index in [1.807, 2.05) is 0 Å². The fourth-order valence-corrected chi connectivity index (χ4v) is 15.3. The molecule has 0 aromatic heterocycles. The topological polar surface area (TPSA) is 3.24 Å². The van der Waals surface area contributed by atoms with Crippen molar-refractivity contribution in [1.29, 1.82) is 0 Å². The molecule has 4 bridgehead atoms. The number of rotatable bonds is 6. The van der Waals surface area contributed by atoms with Crippen LogP contribution in [0.25, 0.3) is 55.6 Å². The molecule has 5 saturated carbocycles. The first-order valence-corrected chi connectivity index (χ1v) is 24.8. The van der Waals surface area contributed by atoms with E-state index in [1.165, 1.54) is 120 Å². The Morgan fingerprint density at radius 1 is 0.338 bits per heavy atom. The number of anilines is 3. The lowest BCUT2D eigenvalue weighted by Crippen LogP contribution is -2.55. The van der Waals surface area contributed by atoms with Gasteiger partial charge < -0.3 is 4.90 Å². The molecule has 0 radical (unpaired) electrons. The van der Waals surface area contributed by atoms with Gasteiger partial charge in [0.1, 0.15) is 0 Å². The zero-order valence-corrected chi connectivity index (χ0v) is 37.2. The van der Waals surface area contributed by atoms with Gasteiger partial charge in [-0.3, -0.25) is 0 Å². The maximum atomic E-state index is 2.55. The number of hydrogen-bond acceptors (Lipinski definition) is 1. The standard InChI is InChI=1S/C64H55N/c1-3-12-44(13-4-1)45-20-27-51(28-21-45)65(53-31-24-47(25-32-53)54-16-11-19-61-62(54)56-15-6-7-17-58(56)63(61)34-9-2-10-35-63)52-29-22-46(23-30-52)48-26-33-60-57(41-48)55-14-5-8-18-59(55)64(60)49-37-42-36-43(39-49)40-50(64)38-42/h1,3-8,11-33,41-43,49-50H,2,9-10,34-40H2. The normalized spacial score (nSPS) is 23.6. The van der Waals surface area contributed by atoms with Gasteiger partial charge in [0.15, 0.2) is 0 Å². The van der Waals surface area contributed by atoms with E-state index in [-0.39, 0.29) is 10.8 Å². The van der Waals surface area contributed by atoms with Crippen molar-refractivity contribution in [3.05, 3.63) is 210 Å². The molecule has 0 atom stereocenters. The number of nitrogens with zero attached hydrogens (tertiary/aromatic N) is 1. The van der Waals surface area contributed by atoms with E-state index in [0.29, 0.717) is 0 Å². The summed E-state index contributed by atoms with van der Waals surface area (Å²) in [5.74, 6) is 3.47. The van der Waals surface area contributed by atoms with E-state index in [0.717, 1.165) is 40.7 Å². The molecule has 0 heterocycles. The van der Waals surface area contributed by atoms with Gasteiger partial charge in [0, 0.05) is 27.9 Å². The van der Waals surface area contributed by atoms with Crippen LogP contribution in [0.15, 0.2) is 188 Å². The second kappa shape index (κ2) is 14.5. The van der Waals surface area contributed by atoms with Gasteiger partial charge in [-0.2, -0.15) is 0 Å². The monoisotopic (exact) mass is 837 g/mol. The van der Waals surface area contributed by atoms with Crippen LogP contribution >= 0.6 is 0 Å². The molecule has 15 rings (SSSR count). The minimum atomic E-state index is 0.149. The van der Waals surface area contributed by atoms with Gasteiger partial charge in [-0.05, 0) is 189 Å². The summed E-state index contributed by atoms with van der Waals surface area (Å²) in [7, 11) is 0. The predicted molar refractivity (Wildman–Crippen MR) is 270 cm³/mol. The van der Waals surface area contributed by atoms with Crippen LogP contribution in [0, 0.1) is 23.7 Å². The Bertz CT molecular complexity index is 3080. The third-order valence-corrected chi connectivity index (χ3v) is 17.7. The number of fused-ring (bicyclic) bond motifs is 8. The molecule has 1 heteroatoms. The molecule has 7 aliphatic carbocycles. The largest absolute Gasteiger partial charge is 0.311 e. The van der Waals surface area contributed by atoms with Crippen LogP contribution in [0.1, 0.15) is 86.5 Å². The van der Waals surface area contributed by atoms with Crippen molar-refractivity contribution >= 4 is 17.1 Å². The Morgan fingerprint density at radius 3 is 1.49 bits per heavy atom. The molecule has 7 aliphatic rings. The highest BCUT2D eigenvalue weighted by Crippen LogP contribution is 2.69. The zero-order valence-electron chi connectivity index (χ0n) is 37.2. The molecule has 0 amide bonds. The van der Waals surface area contributed by atoms with Crippen LogP contribution in [-0.4, -0.2) is 0 Å². The van der Waals surface area contributed by atoms with Gasteiger partial charge in [-0.15, -0.1) is 0 Å². The lowest BCUT2D eigenvalue weighted by atomic mass is 9.43. The van der Waals surface area contributed by atoms with Gasteiger partial charge in [-0.1, -0.05) is 165 Å². The van der Waals surface area contributed by atoms with Crippen LogP contribution in [0.3, 0.4) is 0 Å². The summed E-state index contributed by atoms with van der Waals surface area (Å²) in [6.45, 7) is 0. The zero-order chi connectivity index (χ0) is 42.7. The Hall–Kier alpha value is -6.44. The van der Waals surface area contributed by atoms with Gasteiger partial charge in [-0.25, -0.2) is 0 Å². The van der Waals surface area contributed by atoms with Gasteiger partial charge in [0.25, 0.3) is 0 Å². The lowest BCUT2D eigenvalue weighted by molar-refractivity contribution is -0.0399. The lowest BCUT2D eigenvalue weighted by Gasteiger charge is -2.61. The predicted octanol–water partition coefficient (Wildman–Crippen LogP) is 17.1. The molecular formula is C64H55N. The average Bonchev–Trinajstić information content (AvgIpc) is 3.81. The van der Waals surface area contributed by atoms with Gasteiger partial charge in [0.05, 0.1) is 0 Å². The maximum Gasteiger partial charge on any atom is 0.0462 e. The maximum absolute atomic E-state index is 2.55. The summed E-state index contributed by atoms with van der Waals surface area (Å²) in [4.78, 5) is 2.43. The second-order valence-electron chi connectivity index (χ2n) is 20.7. The molecule has 0 N–H and O–H groups in total. The number of benzene rings is 8. The van der Waals surface area contributed by atoms with E-state index in [4.69, 9.17) is 0 Å². The second-order valence-corrected chi connectivity index (χ2v) is 20.7. The van der Waals surface area contributed by atoms with E-state index in [2.05, 4.69) is 193 Å². The smallest absolute Gasteiger partial charge is 0.0462 e. The Morgan fingerprint density at radius 2 is 0.831 bits per heavy atom. The first kappa shape index (κ1) is 37.9. The fourth-order valence-electron chi connectivity index (χ4n) is 15.3. The van der Waals surface area contributed by atoms with Gasteiger partial charge >= 0.3 is 0 Å². The van der Waals surface area contributed by atoms with E-state index in [9.17, 15) is 0 Å². The molecule has 8 aromatic rings. The Labute approximate surface area is 384 Å². The summed E-state index contributed by atoms with van der Waals surface area (Å²) < 4.78 is 0. The fraction of sp³-hybridized carbons (Fsp3) is 0.250. The third-order valence-electron chi connectivity index (χ3n) is 17.7. The highest BCUT2D eigenvalue weighted by atomic mass is 15.1. The quantitative estimate of drug-likeness (QED) is 0.161. The molecule has 0 saturated heterocycles. The summed E-state index contributed by atoms with van der Waals surface area (Å²) in [6.07, 6.45) is 13.6. The molecule has 8 aromatic carbocycles. The van der Waals surface area contributed by atoms with Crippen LogP contribution in [0.5, 0.6) is 0 Å². The van der Waals surface area contributed by atoms with Gasteiger partial charge in [0.2, 0.25) is 0 Å². The molecule has 5 fully saturated rings. The van der Waals surface area contributed by atoms with E-state index in [1.54, 1.807) is 22.3 Å². The summed E-state index contributed by atoms with van der Waals surface area (Å²) in [5, 5.41) is 0. The highest BCUT2D eigenvalue weighted by molar-refractivity contribution is 5.93. The highest BCUT2D eigenvalue weighted by Gasteiger charge is 2.61.